The fourth-order valence-corrected chi connectivity index (χ4v) is 3.10. The third-order valence-electron chi connectivity index (χ3n) is 4.64. The zero-order chi connectivity index (χ0) is 17.9. The number of ether oxygens (including phenoxy) is 1. The zero-order valence-corrected chi connectivity index (χ0v) is 14.8. The predicted octanol–water partition coefficient (Wildman–Crippen LogP) is 3.13. The van der Waals surface area contributed by atoms with Crippen LogP contribution in [-0.2, 0) is 11.3 Å². The molecule has 4 rings (SSSR count). The summed E-state index contributed by atoms with van der Waals surface area (Å²) < 4.78 is 10.8. The van der Waals surface area contributed by atoms with Crippen LogP contribution in [-0.4, -0.2) is 41.3 Å². The van der Waals surface area contributed by atoms with E-state index in [1.807, 2.05) is 37.3 Å². The number of nitrogen functional groups attached to an aromatic ring is 1. The number of hydrogen-bond acceptors (Lipinski definition) is 6. The standard InChI is InChI=1S/C20H22N4O2/c1-14-2-7-17(21)12-18(14)20-22-19(23-26-20)16-5-3-15(4-6-16)13-24-8-10-25-11-9-24/h2-7,12H,8-11,13,21H2,1H3. The van der Waals surface area contributed by atoms with Crippen LogP contribution in [0.15, 0.2) is 47.0 Å². The Labute approximate surface area is 152 Å². The van der Waals surface area contributed by atoms with Crippen molar-refractivity contribution in [2.75, 3.05) is 32.0 Å². The van der Waals surface area contributed by atoms with Crippen LogP contribution in [0, 0.1) is 6.92 Å². The highest BCUT2D eigenvalue weighted by Crippen LogP contribution is 2.26. The summed E-state index contributed by atoms with van der Waals surface area (Å²) in [5.74, 6) is 1.07. The lowest BCUT2D eigenvalue weighted by Gasteiger charge is -2.26. The molecule has 0 aliphatic carbocycles. The average Bonchev–Trinajstić information content (AvgIpc) is 3.15. The maximum atomic E-state index is 5.87. The Morgan fingerprint density at radius 3 is 2.62 bits per heavy atom. The van der Waals surface area contributed by atoms with Gasteiger partial charge < -0.3 is 15.0 Å². The van der Waals surface area contributed by atoms with Gasteiger partial charge in [0.05, 0.1) is 13.2 Å². The lowest BCUT2D eigenvalue weighted by atomic mass is 10.1. The molecular weight excluding hydrogens is 328 g/mol. The Balaban J connectivity index is 1.51. The van der Waals surface area contributed by atoms with Crippen LogP contribution < -0.4 is 5.73 Å². The van der Waals surface area contributed by atoms with E-state index in [4.69, 9.17) is 15.0 Å². The topological polar surface area (TPSA) is 77.4 Å². The van der Waals surface area contributed by atoms with Crippen molar-refractivity contribution in [1.82, 2.24) is 15.0 Å². The maximum Gasteiger partial charge on any atom is 0.258 e. The smallest absolute Gasteiger partial charge is 0.258 e. The minimum atomic E-state index is 0.488. The molecule has 26 heavy (non-hydrogen) atoms. The van der Waals surface area contributed by atoms with E-state index in [0.717, 1.165) is 49.5 Å². The molecule has 2 aromatic carbocycles. The van der Waals surface area contributed by atoms with Gasteiger partial charge in [-0.2, -0.15) is 4.98 Å². The first-order chi connectivity index (χ1) is 12.7. The number of benzene rings is 2. The molecule has 6 heteroatoms. The molecule has 0 atom stereocenters. The molecule has 134 valence electrons. The molecule has 1 aliphatic rings. The molecule has 3 aromatic rings. The highest BCUT2D eigenvalue weighted by molar-refractivity contribution is 5.66. The molecule has 1 fully saturated rings. The Kier molecular flexibility index (Phi) is 4.69. The van der Waals surface area contributed by atoms with Gasteiger partial charge in [0.25, 0.3) is 5.89 Å². The summed E-state index contributed by atoms with van der Waals surface area (Å²) in [5.41, 5.74) is 10.7. The Morgan fingerprint density at radius 1 is 1.08 bits per heavy atom. The molecule has 0 radical (unpaired) electrons. The number of aromatic nitrogens is 2. The maximum absolute atomic E-state index is 5.87. The monoisotopic (exact) mass is 350 g/mol. The lowest BCUT2D eigenvalue weighted by Crippen LogP contribution is -2.35. The van der Waals surface area contributed by atoms with Gasteiger partial charge >= 0.3 is 0 Å². The Morgan fingerprint density at radius 2 is 1.85 bits per heavy atom. The molecule has 0 unspecified atom stereocenters. The summed E-state index contributed by atoms with van der Waals surface area (Å²) in [7, 11) is 0. The van der Waals surface area contributed by atoms with Crippen molar-refractivity contribution in [1.29, 1.82) is 0 Å². The molecule has 0 spiro atoms. The van der Waals surface area contributed by atoms with Crippen molar-refractivity contribution >= 4 is 5.69 Å². The molecule has 2 heterocycles. The molecule has 1 aliphatic heterocycles. The molecule has 0 amide bonds. The fourth-order valence-electron chi connectivity index (χ4n) is 3.10. The summed E-state index contributed by atoms with van der Waals surface area (Å²) >= 11 is 0. The summed E-state index contributed by atoms with van der Waals surface area (Å²) in [5, 5.41) is 4.13. The molecule has 2 N–H and O–H groups in total. The van der Waals surface area contributed by atoms with Crippen LogP contribution in [0.2, 0.25) is 0 Å². The highest BCUT2D eigenvalue weighted by Gasteiger charge is 2.14. The van der Waals surface area contributed by atoms with Crippen molar-refractivity contribution in [3.05, 3.63) is 53.6 Å². The zero-order valence-electron chi connectivity index (χ0n) is 14.8. The van der Waals surface area contributed by atoms with E-state index >= 15 is 0 Å². The van der Waals surface area contributed by atoms with Crippen molar-refractivity contribution in [3.8, 4) is 22.8 Å². The number of morpholine rings is 1. The van der Waals surface area contributed by atoms with E-state index in [9.17, 15) is 0 Å². The highest BCUT2D eigenvalue weighted by atomic mass is 16.5. The van der Waals surface area contributed by atoms with Crippen LogP contribution in [0.5, 0.6) is 0 Å². The van der Waals surface area contributed by atoms with Gasteiger partial charge in [-0.1, -0.05) is 35.5 Å². The Hall–Kier alpha value is -2.70. The third-order valence-corrected chi connectivity index (χ3v) is 4.64. The van der Waals surface area contributed by atoms with E-state index in [1.165, 1.54) is 5.56 Å². The third kappa shape index (κ3) is 3.61. The van der Waals surface area contributed by atoms with Crippen molar-refractivity contribution in [2.24, 2.45) is 0 Å². The van der Waals surface area contributed by atoms with Gasteiger partial charge in [-0.3, -0.25) is 4.90 Å². The van der Waals surface area contributed by atoms with Crippen LogP contribution in [0.1, 0.15) is 11.1 Å². The molecule has 0 bridgehead atoms. The van der Waals surface area contributed by atoms with Gasteiger partial charge in [0, 0.05) is 36.4 Å². The number of nitrogens with zero attached hydrogens (tertiary/aromatic N) is 3. The minimum absolute atomic E-state index is 0.488. The molecule has 1 aromatic heterocycles. The summed E-state index contributed by atoms with van der Waals surface area (Å²) in [6.45, 7) is 6.52. The van der Waals surface area contributed by atoms with Crippen molar-refractivity contribution in [3.63, 3.8) is 0 Å². The first-order valence-corrected chi connectivity index (χ1v) is 8.79. The van der Waals surface area contributed by atoms with Gasteiger partial charge in [-0.05, 0) is 30.2 Å². The van der Waals surface area contributed by atoms with Crippen LogP contribution in [0.25, 0.3) is 22.8 Å². The molecule has 0 saturated carbocycles. The second kappa shape index (κ2) is 7.27. The van der Waals surface area contributed by atoms with Crippen LogP contribution in [0.4, 0.5) is 5.69 Å². The lowest BCUT2D eigenvalue weighted by molar-refractivity contribution is 0.0342. The Bertz CT molecular complexity index is 883. The second-order valence-corrected chi connectivity index (χ2v) is 6.58. The van der Waals surface area contributed by atoms with Crippen LogP contribution >= 0.6 is 0 Å². The fraction of sp³-hybridized carbons (Fsp3) is 0.300. The van der Waals surface area contributed by atoms with Crippen LogP contribution in [0.3, 0.4) is 0 Å². The largest absolute Gasteiger partial charge is 0.399 e. The number of anilines is 1. The first-order valence-electron chi connectivity index (χ1n) is 8.79. The second-order valence-electron chi connectivity index (χ2n) is 6.58. The van der Waals surface area contributed by atoms with E-state index in [-0.39, 0.29) is 0 Å². The van der Waals surface area contributed by atoms with Gasteiger partial charge in [0.15, 0.2) is 0 Å². The number of hydrogen-bond donors (Lipinski definition) is 1. The van der Waals surface area contributed by atoms with E-state index in [0.29, 0.717) is 17.4 Å². The van der Waals surface area contributed by atoms with Crippen molar-refractivity contribution < 1.29 is 9.26 Å². The molecular formula is C20H22N4O2. The summed E-state index contributed by atoms with van der Waals surface area (Å²) in [6.07, 6.45) is 0. The van der Waals surface area contributed by atoms with Crippen molar-refractivity contribution in [2.45, 2.75) is 13.5 Å². The summed E-state index contributed by atoms with van der Waals surface area (Å²) in [6, 6.07) is 14.0. The normalized spacial score (nSPS) is 15.3. The number of nitrogens with two attached hydrogens (primary N) is 1. The quantitative estimate of drug-likeness (QED) is 0.729. The van der Waals surface area contributed by atoms with Gasteiger partial charge in [0.1, 0.15) is 0 Å². The van der Waals surface area contributed by atoms with E-state index in [1.54, 1.807) is 0 Å². The van der Waals surface area contributed by atoms with E-state index in [2.05, 4.69) is 27.2 Å². The first kappa shape index (κ1) is 16.8. The molecule has 1 saturated heterocycles. The average molecular weight is 350 g/mol. The predicted molar refractivity (Wildman–Crippen MR) is 100 cm³/mol. The number of rotatable bonds is 4. The SMILES string of the molecule is Cc1ccc(N)cc1-c1nc(-c2ccc(CN3CCOCC3)cc2)no1. The van der Waals surface area contributed by atoms with E-state index < -0.39 is 0 Å². The molecule has 6 nitrogen and oxygen atoms in total. The minimum Gasteiger partial charge on any atom is -0.399 e. The van der Waals surface area contributed by atoms with Gasteiger partial charge in [-0.25, -0.2) is 0 Å². The number of aryl methyl sites for hydroxylation is 1. The van der Waals surface area contributed by atoms with Gasteiger partial charge in [0.2, 0.25) is 5.82 Å². The van der Waals surface area contributed by atoms with Gasteiger partial charge in [-0.15, -0.1) is 0 Å². The summed E-state index contributed by atoms with van der Waals surface area (Å²) in [4.78, 5) is 6.93.